The van der Waals surface area contributed by atoms with E-state index in [9.17, 15) is 0 Å². The predicted molar refractivity (Wildman–Crippen MR) is 59.7 cm³/mol. The minimum absolute atomic E-state index is 0.830. The number of thioether (sulfide) groups is 1. The largest absolute Gasteiger partial charge is 0.165 e. The maximum atomic E-state index is 3.56. The van der Waals surface area contributed by atoms with Crippen LogP contribution in [-0.4, -0.2) is 17.3 Å². The molecule has 1 atom stereocenters. The quantitative estimate of drug-likeness (QED) is 0.502. The first-order chi connectivity index (χ1) is 5.22. The summed E-state index contributed by atoms with van der Waals surface area (Å²) in [6, 6.07) is 0. The Morgan fingerprint density at radius 3 is 2.36 bits per heavy atom. The molecule has 0 fully saturated rings. The molecular formula is C9H19BrS. The Hall–Kier alpha value is 0.830. The molecule has 0 aliphatic heterocycles. The third kappa shape index (κ3) is 6.03. The van der Waals surface area contributed by atoms with Crippen molar-refractivity contribution >= 4 is 27.7 Å². The summed E-state index contributed by atoms with van der Waals surface area (Å²) in [6.45, 7) is 4.62. The third-order valence-corrected chi connectivity index (χ3v) is 3.59. The van der Waals surface area contributed by atoms with E-state index in [0.717, 1.165) is 11.8 Å². The summed E-state index contributed by atoms with van der Waals surface area (Å²) in [5.41, 5.74) is 0. The maximum absolute atomic E-state index is 3.56. The highest BCUT2D eigenvalue weighted by molar-refractivity contribution is 9.09. The Bertz CT molecular complexity index is 83.6. The van der Waals surface area contributed by atoms with Crippen LogP contribution in [0.25, 0.3) is 0 Å². The molecule has 0 aromatic carbocycles. The van der Waals surface area contributed by atoms with E-state index in [2.05, 4.69) is 36.0 Å². The Balaban J connectivity index is 3.36. The second-order valence-corrected chi connectivity index (χ2v) is 4.93. The number of hydrogen-bond donors (Lipinski definition) is 0. The van der Waals surface area contributed by atoms with Crippen molar-refractivity contribution in [3.8, 4) is 0 Å². The Kier molecular flexibility index (Phi) is 8.04. The summed E-state index contributed by atoms with van der Waals surface area (Å²) in [5.74, 6) is 3.02. The molecule has 0 aromatic heterocycles. The van der Waals surface area contributed by atoms with Gasteiger partial charge in [0.1, 0.15) is 0 Å². The van der Waals surface area contributed by atoms with Crippen LogP contribution in [-0.2, 0) is 0 Å². The van der Waals surface area contributed by atoms with E-state index in [1.165, 1.54) is 23.9 Å². The van der Waals surface area contributed by atoms with Gasteiger partial charge in [-0.3, -0.25) is 0 Å². The summed E-state index contributed by atoms with van der Waals surface area (Å²) < 4.78 is 0. The molecule has 0 heterocycles. The van der Waals surface area contributed by atoms with Gasteiger partial charge in [-0.05, 0) is 36.7 Å². The topological polar surface area (TPSA) is 0 Å². The fourth-order valence-corrected chi connectivity index (χ4v) is 2.61. The van der Waals surface area contributed by atoms with E-state index in [4.69, 9.17) is 0 Å². The van der Waals surface area contributed by atoms with Crippen LogP contribution in [0.2, 0.25) is 0 Å². The first-order valence-electron chi connectivity index (χ1n) is 4.27. The van der Waals surface area contributed by atoms with Gasteiger partial charge in [-0.15, -0.1) is 0 Å². The molecule has 68 valence electrons. The van der Waals surface area contributed by atoms with Crippen molar-refractivity contribution in [2.24, 2.45) is 11.8 Å². The van der Waals surface area contributed by atoms with Crippen molar-refractivity contribution in [3.63, 3.8) is 0 Å². The smallest absolute Gasteiger partial charge is 0.00621 e. The van der Waals surface area contributed by atoms with Gasteiger partial charge in [-0.1, -0.05) is 29.8 Å². The lowest BCUT2D eigenvalue weighted by Gasteiger charge is -2.17. The molecule has 11 heavy (non-hydrogen) atoms. The van der Waals surface area contributed by atoms with Crippen molar-refractivity contribution in [2.75, 3.05) is 17.3 Å². The monoisotopic (exact) mass is 238 g/mol. The summed E-state index contributed by atoms with van der Waals surface area (Å²) >= 11 is 5.51. The van der Waals surface area contributed by atoms with Gasteiger partial charge in [0.25, 0.3) is 0 Å². The molecule has 1 unspecified atom stereocenters. The number of rotatable bonds is 6. The number of halogens is 1. The molecule has 0 aliphatic carbocycles. The average molecular weight is 239 g/mol. The van der Waals surface area contributed by atoms with Crippen LogP contribution >= 0.6 is 27.7 Å². The van der Waals surface area contributed by atoms with E-state index in [1.54, 1.807) is 0 Å². The van der Waals surface area contributed by atoms with Crippen LogP contribution in [0.3, 0.4) is 0 Å². The van der Waals surface area contributed by atoms with E-state index >= 15 is 0 Å². The van der Waals surface area contributed by atoms with E-state index in [0.29, 0.717) is 0 Å². The summed E-state index contributed by atoms with van der Waals surface area (Å²) in [4.78, 5) is 0. The van der Waals surface area contributed by atoms with E-state index < -0.39 is 0 Å². The van der Waals surface area contributed by atoms with Crippen LogP contribution in [0.15, 0.2) is 0 Å². The van der Waals surface area contributed by atoms with Crippen molar-refractivity contribution in [2.45, 2.75) is 26.7 Å². The minimum Gasteiger partial charge on any atom is -0.165 e. The van der Waals surface area contributed by atoms with Gasteiger partial charge in [0, 0.05) is 5.33 Å². The normalized spacial score (nSPS) is 13.9. The highest BCUT2D eigenvalue weighted by Gasteiger charge is 2.10. The second kappa shape index (κ2) is 7.48. The molecule has 0 amide bonds. The molecular weight excluding hydrogens is 220 g/mol. The van der Waals surface area contributed by atoms with Crippen molar-refractivity contribution in [3.05, 3.63) is 0 Å². The van der Waals surface area contributed by atoms with Gasteiger partial charge < -0.3 is 0 Å². The zero-order chi connectivity index (χ0) is 8.69. The lowest BCUT2D eigenvalue weighted by Crippen LogP contribution is -2.10. The van der Waals surface area contributed by atoms with Gasteiger partial charge in [-0.2, -0.15) is 11.8 Å². The van der Waals surface area contributed by atoms with Crippen LogP contribution in [0.4, 0.5) is 0 Å². The first-order valence-corrected chi connectivity index (χ1v) is 6.78. The molecule has 0 saturated carbocycles. The predicted octanol–water partition coefficient (Wildman–Crippen LogP) is 3.80. The zero-order valence-corrected chi connectivity index (χ0v) is 10.2. The Morgan fingerprint density at radius 1 is 1.36 bits per heavy atom. The molecule has 0 aliphatic rings. The average Bonchev–Trinajstić information content (AvgIpc) is 1.97. The van der Waals surface area contributed by atoms with E-state index in [1.807, 2.05) is 11.8 Å². The summed E-state index contributed by atoms with van der Waals surface area (Å²) in [7, 11) is 0. The zero-order valence-electron chi connectivity index (χ0n) is 7.77. The molecule has 0 rings (SSSR count). The maximum Gasteiger partial charge on any atom is 0.00621 e. The lowest BCUT2D eigenvalue weighted by atomic mass is 9.94. The van der Waals surface area contributed by atoms with Crippen molar-refractivity contribution < 1.29 is 0 Å². The molecule has 0 nitrogen and oxygen atoms in total. The van der Waals surface area contributed by atoms with Gasteiger partial charge in [0.15, 0.2) is 0 Å². The van der Waals surface area contributed by atoms with Crippen LogP contribution < -0.4 is 0 Å². The number of hydrogen-bond acceptors (Lipinski definition) is 1. The van der Waals surface area contributed by atoms with Crippen LogP contribution in [0.5, 0.6) is 0 Å². The van der Waals surface area contributed by atoms with Gasteiger partial charge >= 0.3 is 0 Å². The van der Waals surface area contributed by atoms with Crippen LogP contribution in [0.1, 0.15) is 26.7 Å². The first kappa shape index (κ1) is 11.8. The molecule has 0 spiro atoms. The standard InChI is InChI=1S/C9H19BrS/c1-8(2)9(7-10)5-4-6-11-3/h8-9H,4-7H2,1-3H3. The fraction of sp³-hybridized carbons (Fsp3) is 1.00. The third-order valence-electron chi connectivity index (χ3n) is 2.06. The molecule has 0 radical (unpaired) electrons. The number of alkyl halides is 1. The molecule has 0 bridgehead atoms. The second-order valence-electron chi connectivity index (χ2n) is 3.29. The summed E-state index contributed by atoms with van der Waals surface area (Å²) in [6.07, 6.45) is 4.93. The highest BCUT2D eigenvalue weighted by atomic mass is 79.9. The summed E-state index contributed by atoms with van der Waals surface area (Å²) in [5, 5.41) is 1.17. The SMILES string of the molecule is CSCCCC(CBr)C(C)C. The van der Waals surface area contributed by atoms with Crippen LogP contribution in [0, 0.1) is 11.8 Å². The Labute approximate surface area is 83.6 Å². The Morgan fingerprint density at radius 2 is 2.00 bits per heavy atom. The molecule has 0 N–H and O–H groups in total. The molecule has 0 aromatic rings. The van der Waals surface area contributed by atoms with Crippen molar-refractivity contribution in [1.82, 2.24) is 0 Å². The molecule has 0 saturated heterocycles. The fourth-order valence-electron chi connectivity index (χ4n) is 1.08. The van der Waals surface area contributed by atoms with Gasteiger partial charge in [0.2, 0.25) is 0 Å². The minimum atomic E-state index is 0.830. The van der Waals surface area contributed by atoms with Gasteiger partial charge in [-0.25, -0.2) is 0 Å². The van der Waals surface area contributed by atoms with Crippen molar-refractivity contribution in [1.29, 1.82) is 0 Å². The highest BCUT2D eigenvalue weighted by Crippen LogP contribution is 2.20. The van der Waals surface area contributed by atoms with E-state index in [-0.39, 0.29) is 0 Å². The van der Waals surface area contributed by atoms with Gasteiger partial charge in [0.05, 0.1) is 0 Å². The lowest BCUT2D eigenvalue weighted by molar-refractivity contribution is 0.399. The molecule has 2 heteroatoms.